The molecule has 1 aromatic rings. The van der Waals surface area contributed by atoms with E-state index in [4.69, 9.17) is 9.47 Å². The van der Waals surface area contributed by atoms with Crippen molar-refractivity contribution in [2.24, 2.45) is 29.1 Å². The highest BCUT2D eigenvalue weighted by Gasteiger charge is 2.50. The Morgan fingerprint density at radius 3 is 2.50 bits per heavy atom. The lowest BCUT2D eigenvalue weighted by atomic mass is 9.70. The van der Waals surface area contributed by atoms with Gasteiger partial charge in [0.25, 0.3) is 0 Å². The summed E-state index contributed by atoms with van der Waals surface area (Å²) in [5, 5.41) is 0. The maximum atomic E-state index is 12.9. The van der Waals surface area contributed by atoms with Gasteiger partial charge in [0.05, 0.1) is 31.1 Å². The first-order valence-electron chi connectivity index (χ1n) is 12.9. The monoisotopic (exact) mass is 473 g/mol. The maximum absolute atomic E-state index is 12.9. The quantitative estimate of drug-likeness (QED) is 0.500. The number of ether oxygens (including phenoxy) is 2. The van der Waals surface area contributed by atoms with Crippen molar-refractivity contribution in [3.05, 3.63) is 37.2 Å². The van der Waals surface area contributed by atoms with Gasteiger partial charge < -0.3 is 9.47 Å². The molecule has 3 unspecified atom stereocenters. The Hall–Kier alpha value is -2.02. The number of carbonyl (C=O) groups excluding carboxylic acids is 1. The molecule has 5 rings (SSSR count). The van der Waals surface area contributed by atoms with Crippen LogP contribution in [0.3, 0.4) is 0 Å². The van der Waals surface area contributed by atoms with Crippen LogP contribution in [0, 0.1) is 34.9 Å². The van der Waals surface area contributed by atoms with Gasteiger partial charge in [0.2, 0.25) is 0 Å². The van der Waals surface area contributed by atoms with E-state index in [0.29, 0.717) is 25.2 Å². The summed E-state index contributed by atoms with van der Waals surface area (Å²) in [5.41, 5.74) is 0.0236. The fourth-order valence-corrected chi connectivity index (χ4v) is 6.26. The Morgan fingerprint density at radius 2 is 1.94 bits per heavy atom. The molecule has 34 heavy (non-hydrogen) atoms. The Labute approximate surface area is 203 Å². The van der Waals surface area contributed by atoms with Gasteiger partial charge in [0.15, 0.2) is 5.82 Å². The smallest absolute Gasteiger partial charge is 0.410 e. The summed E-state index contributed by atoms with van der Waals surface area (Å²) < 4.78 is 23.9. The second-order valence-corrected chi connectivity index (χ2v) is 11.0. The molecular formula is C27H40FN3O3. The van der Waals surface area contributed by atoms with E-state index < -0.39 is 5.82 Å². The lowest BCUT2D eigenvalue weighted by Gasteiger charge is -2.39. The minimum atomic E-state index is -0.400. The van der Waals surface area contributed by atoms with Crippen molar-refractivity contribution in [2.75, 3.05) is 13.2 Å². The van der Waals surface area contributed by atoms with Gasteiger partial charge in [-0.1, -0.05) is 26.3 Å². The average molecular weight is 474 g/mol. The van der Waals surface area contributed by atoms with Gasteiger partial charge in [-0.15, -0.1) is 6.58 Å². The molecule has 1 saturated heterocycles. The molecule has 2 heterocycles. The molecule has 4 aliphatic rings. The standard InChI is InChI=1S/C23H37NO3.C4H3FN2/c1-5-23(9-6-10-23)14-27-22(25)24-16(3)11-15(2)21(24)13-26-18-7-8-19-17(4)20(19)12-18;5-4-1-6-3-7-2-4/h5,15-21H,1,6-14H2,2-4H3;1-3H/t15-,16+,17?,18-,19?,20?,21-;/m0./s1. The summed E-state index contributed by atoms with van der Waals surface area (Å²) in [7, 11) is 0. The van der Waals surface area contributed by atoms with Gasteiger partial charge in [-0.05, 0) is 69.1 Å². The van der Waals surface area contributed by atoms with E-state index in [9.17, 15) is 9.18 Å². The second kappa shape index (κ2) is 10.7. The van der Waals surface area contributed by atoms with Crippen molar-refractivity contribution < 1.29 is 18.7 Å². The molecular weight excluding hydrogens is 433 g/mol. The van der Waals surface area contributed by atoms with Crippen LogP contribution in [0.4, 0.5) is 9.18 Å². The third-order valence-electron chi connectivity index (χ3n) is 8.83. The first-order chi connectivity index (χ1) is 16.3. The van der Waals surface area contributed by atoms with Crippen LogP contribution in [-0.2, 0) is 9.47 Å². The number of carbonyl (C=O) groups is 1. The number of halogens is 1. The van der Waals surface area contributed by atoms with Crippen LogP contribution in [0.5, 0.6) is 0 Å². The van der Waals surface area contributed by atoms with Crippen molar-refractivity contribution in [1.82, 2.24) is 14.9 Å². The molecule has 0 N–H and O–H groups in total. The van der Waals surface area contributed by atoms with E-state index >= 15 is 0 Å². The minimum Gasteiger partial charge on any atom is -0.448 e. The van der Waals surface area contributed by atoms with Gasteiger partial charge in [-0.2, -0.15) is 0 Å². The lowest BCUT2D eigenvalue weighted by Crippen LogP contribution is -2.46. The highest BCUT2D eigenvalue weighted by atomic mass is 19.1. The van der Waals surface area contributed by atoms with Crippen molar-refractivity contribution in [3.8, 4) is 0 Å². The molecule has 0 aromatic carbocycles. The molecule has 1 aromatic heterocycles. The Kier molecular flexibility index (Phi) is 7.90. The van der Waals surface area contributed by atoms with E-state index in [0.717, 1.165) is 49.4 Å². The van der Waals surface area contributed by atoms with Crippen LogP contribution >= 0.6 is 0 Å². The van der Waals surface area contributed by atoms with Crippen molar-refractivity contribution in [2.45, 2.75) is 83.9 Å². The van der Waals surface area contributed by atoms with Crippen LogP contribution in [0.2, 0.25) is 0 Å². The van der Waals surface area contributed by atoms with E-state index in [-0.39, 0.29) is 23.6 Å². The number of likely N-dealkylation sites (tertiary alicyclic amines) is 1. The van der Waals surface area contributed by atoms with E-state index in [1.165, 1.54) is 32.0 Å². The number of rotatable bonds is 6. The predicted molar refractivity (Wildman–Crippen MR) is 128 cm³/mol. The Bertz CT molecular complexity index is 834. The number of nitrogens with zero attached hydrogens (tertiary/aromatic N) is 3. The van der Waals surface area contributed by atoms with Crippen LogP contribution in [0.15, 0.2) is 31.4 Å². The summed E-state index contributed by atoms with van der Waals surface area (Å²) in [6.07, 6.45) is 13.8. The summed E-state index contributed by atoms with van der Waals surface area (Å²) in [4.78, 5) is 21.6. The minimum absolute atomic E-state index is 0.0236. The molecule has 0 radical (unpaired) electrons. The van der Waals surface area contributed by atoms with E-state index in [1.807, 2.05) is 11.0 Å². The zero-order chi connectivity index (χ0) is 24.3. The molecule has 4 fully saturated rings. The second-order valence-electron chi connectivity index (χ2n) is 11.0. The highest BCUT2D eigenvalue weighted by Crippen LogP contribution is 2.55. The molecule has 1 aliphatic heterocycles. The Morgan fingerprint density at radius 1 is 1.21 bits per heavy atom. The predicted octanol–water partition coefficient (Wildman–Crippen LogP) is 5.65. The van der Waals surface area contributed by atoms with Gasteiger partial charge in [-0.3, -0.25) is 4.90 Å². The SMILES string of the molecule is C=CC1(COC(=O)N2[C@H](C)C[C@H](C)[C@@H]2CO[C@H]2CCC3C(C)C3C2)CCC1.Fc1cncnc1. The number of hydrogen-bond donors (Lipinski definition) is 0. The van der Waals surface area contributed by atoms with Crippen molar-refractivity contribution >= 4 is 6.09 Å². The van der Waals surface area contributed by atoms with Crippen molar-refractivity contribution in [1.29, 1.82) is 0 Å². The highest BCUT2D eigenvalue weighted by molar-refractivity contribution is 5.69. The normalized spacial score (nSPS) is 35.3. The summed E-state index contributed by atoms with van der Waals surface area (Å²) in [6.45, 7) is 11.8. The fourth-order valence-electron chi connectivity index (χ4n) is 6.26. The maximum Gasteiger partial charge on any atom is 0.410 e. The molecule has 0 spiro atoms. The molecule has 0 bridgehead atoms. The van der Waals surface area contributed by atoms with Crippen LogP contribution in [0.25, 0.3) is 0 Å². The molecule has 3 aliphatic carbocycles. The third kappa shape index (κ3) is 5.61. The van der Waals surface area contributed by atoms with Gasteiger partial charge in [0, 0.05) is 11.5 Å². The van der Waals surface area contributed by atoms with Gasteiger partial charge >= 0.3 is 6.09 Å². The first-order valence-corrected chi connectivity index (χ1v) is 12.9. The van der Waals surface area contributed by atoms with Gasteiger partial charge in [0.1, 0.15) is 12.9 Å². The Balaban J connectivity index is 0.000000336. The van der Waals surface area contributed by atoms with Crippen molar-refractivity contribution in [3.63, 3.8) is 0 Å². The number of hydrogen-bond acceptors (Lipinski definition) is 5. The molecule has 7 atom stereocenters. The number of amides is 1. The van der Waals surface area contributed by atoms with E-state index in [2.05, 4.69) is 37.3 Å². The van der Waals surface area contributed by atoms with Crippen LogP contribution in [-0.4, -0.2) is 52.4 Å². The molecule has 7 heteroatoms. The summed E-state index contributed by atoms with van der Waals surface area (Å²) in [6, 6.07) is 0.365. The van der Waals surface area contributed by atoms with Crippen LogP contribution in [0.1, 0.15) is 65.7 Å². The number of fused-ring (bicyclic) bond motifs is 1. The largest absolute Gasteiger partial charge is 0.448 e. The van der Waals surface area contributed by atoms with Crippen LogP contribution < -0.4 is 0 Å². The third-order valence-corrected chi connectivity index (χ3v) is 8.83. The summed E-state index contributed by atoms with van der Waals surface area (Å²) in [5.74, 6) is 2.82. The topological polar surface area (TPSA) is 64.5 Å². The van der Waals surface area contributed by atoms with E-state index in [1.54, 1.807) is 0 Å². The molecule has 188 valence electrons. The zero-order valence-electron chi connectivity index (χ0n) is 20.9. The molecule has 6 nitrogen and oxygen atoms in total. The average Bonchev–Trinajstić information content (AvgIpc) is 3.34. The first kappa shape index (κ1) is 25.1. The molecule has 3 saturated carbocycles. The number of aromatic nitrogens is 2. The van der Waals surface area contributed by atoms with Gasteiger partial charge in [-0.25, -0.2) is 19.2 Å². The molecule has 1 amide bonds. The summed E-state index contributed by atoms with van der Waals surface area (Å²) >= 11 is 0. The lowest BCUT2D eigenvalue weighted by molar-refractivity contribution is -0.0188. The zero-order valence-corrected chi connectivity index (χ0v) is 20.9. The fraction of sp³-hybridized carbons (Fsp3) is 0.741.